The minimum Gasteiger partial charge on any atom is -0.445 e. The maximum absolute atomic E-state index is 12.4. The van der Waals surface area contributed by atoms with Crippen LogP contribution in [0.5, 0.6) is 0 Å². The van der Waals surface area contributed by atoms with Gasteiger partial charge in [-0.25, -0.2) is 4.79 Å². The Hall–Kier alpha value is -3.61. The number of alkyl carbamates (subject to hydrolysis) is 1. The number of hydrogen-bond acceptors (Lipinski definition) is 9. The molecule has 0 saturated heterocycles. The predicted octanol–water partition coefficient (Wildman–Crippen LogP) is 6.25. The molecule has 270 valence electrons. The Kier molecular flexibility index (Phi) is 22.3. The van der Waals surface area contributed by atoms with Crippen LogP contribution in [-0.2, 0) is 11.3 Å². The van der Waals surface area contributed by atoms with Gasteiger partial charge in [0.2, 0.25) is 0 Å². The second-order valence-electron chi connectivity index (χ2n) is 11.5. The summed E-state index contributed by atoms with van der Waals surface area (Å²) < 4.78 is 5.34. The molecule has 0 saturated carbocycles. The molecule has 3 aromatic carbocycles. The van der Waals surface area contributed by atoms with E-state index in [-0.39, 0.29) is 12.6 Å². The summed E-state index contributed by atoms with van der Waals surface area (Å²) in [5.74, 6) is 1.21. The first kappa shape index (κ1) is 42.6. The van der Waals surface area contributed by atoms with Crippen molar-refractivity contribution in [3.63, 3.8) is 0 Å². The molecule has 0 aliphatic rings. The summed E-state index contributed by atoms with van der Waals surface area (Å²) in [4.78, 5) is 18.7. The topological polar surface area (TPSA) is 111 Å². The van der Waals surface area contributed by atoms with E-state index >= 15 is 0 Å². The van der Waals surface area contributed by atoms with Crippen LogP contribution in [0.1, 0.15) is 5.56 Å². The van der Waals surface area contributed by atoms with Crippen molar-refractivity contribution in [1.82, 2.24) is 15.1 Å². The van der Waals surface area contributed by atoms with Crippen LogP contribution in [0.2, 0.25) is 0 Å². The molecular formula is C40H54N4O4S2. The Bertz CT molecular complexity index is 1350. The number of nitrogens with zero attached hydrogens (tertiary/aromatic N) is 2. The van der Waals surface area contributed by atoms with Gasteiger partial charge in [0.25, 0.3) is 0 Å². The average Bonchev–Trinajstić information content (AvgIpc) is 3.13. The molecule has 0 aliphatic heterocycles. The molecule has 0 radical (unpaired) electrons. The molecule has 4 atom stereocenters. The van der Waals surface area contributed by atoms with Crippen LogP contribution >= 0.6 is 23.5 Å². The van der Waals surface area contributed by atoms with E-state index in [0.29, 0.717) is 37.7 Å². The number of aliphatic hydroxyl groups is 2. The molecule has 0 aliphatic carbocycles. The number of benzene rings is 3. The molecular weight excluding hydrogens is 665 g/mol. The third kappa shape index (κ3) is 18.4. The molecule has 0 unspecified atom stereocenters. The maximum atomic E-state index is 12.4. The Morgan fingerprint density at radius 2 is 1.12 bits per heavy atom. The fraction of sp³-hybridized carbons (Fsp3) is 0.325. The van der Waals surface area contributed by atoms with E-state index < -0.39 is 24.3 Å². The van der Waals surface area contributed by atoms with Crippen molar-refractivity contribution in [2.45, 2.75) is 40.7 Å². The van der Waals surface area contributed by atoms with Crippen molar-refractivity contribution < 1.29 is 19.7 Å². The summed E-state index contributed by atoms with van der Waals surface area (Å²) in [6.07, 6.45) is 5.34. The summed E-state index contributed by atoms with van der Waals surface area (Å²) in [6, 6.07) is 28.7. The zero-order valence-electron chi connectivity index (χ0n) is 29.0. The van der Waals surface area contributed by atoms with Gasteiger partial charge < -0.3 is 26.0 Å². The van der Waals surface area contributed by atoms with Crippen LogP contribution in [0.3, 0.4) is 0 Å². The normalized spacial score (nSPS) is 13.2. The van der Waals surface area contributed by atoms with Gasteiger partial charge in [-0.1, -0.05) is 91.0 Å². The monoisotopic (exact) mass is 718 g/mol. The minimum absolute atomic E-state index is 0.181. The highest BCUT2D eigenvalue weighted by molar-refractivity contribution is 7.99. The van der Waals surface area contributed by atoms with E-state index in [2.05, 4.69) is 36.5 Å². The number of aliphatic hydroxyl groups excluding tert-OH is 2. The van der Waals surface area contributed by atoms with Crippen LogP contribution in [0, 0.1) is 0 Å². The van der Waals surface area contributed by atoms with Crippen molar-refractivity contribution in [2.24, 2.45) is 5.73 Å². The molecule has 0 aromatic heterocycles. The Balaban J connectivity index is 0.000000377. The number of thioether (sulfide) groups is 2. The van der Waals surface area contributed by atoms with Crippen molar-refractivity contribution in [3.8, 4) is 0 Å². The van der Waals surface area contributed by atoms with Crippen molar-refractivity contribution in [2.75, 3.05) is 50.8 Å². The second-order valence-corrected chi connectivity index (χ2v) is 13.6. The molecule has 0 spiro atoms. The number of rotatable bonds is 23. The van der Waals surface area contributed by atoms with E-state index in [1.807, 2.05) is 108 Å². The minimum atomic E-state index is -0.773. The highest BCUT2D eigenvalue weighted by Gasteiger charge is 2.24. The van der Waals surface area contributed by atoms with Crippen molar-refractivity contribution in [3.05, 3.63) is 147 Å². The molecule has 8 nitrogen and oxygen atoms in total. The highest BCUT2D eigenvalue weighted by Crippen LogP contribution is 2.20. The lowest BCUT2D eigenvalue weighted by molar-refractivity contribution is 0.0840. The second kappa shape index (κ2) is 26.2. The third-order valence-corrected chi connectivity index (χ3v) is 9.56. The Morgan fingerprint density at radius 1 is 0.700 bits per heavy atom. The zero-order chi connectivity index (χ0) is 36.4. The van der Waals surface area contributed by atoms with Gasteiger partial charge in [-0.05, 0) is 29.8 Å². The molecule has 3 aromatic rings. The lowest BCUT2D eigenvalue weighted by Gasteiger charge is -2.28. The Morgan fingerprint density at radius 3 is 1.58 bits per heavy atom. The Labute approximate surface area is 307 Å². The van der Waals surface area contributed by atoms with E-state index in [0.717, 1.165) is 23.5 Å². The molecule has 0 bridgehead atoms. The van der Waals surface area contributed by atoms with Crippen molar-refractivity contribution >= 4 is 29.6 Å². The summed E-state index contributed by atoms with van der Waals surface area (Å²) in [7, 11) is 0. The van der Waals surface area contributed by atoms with Gasteiger partial charge in [0.15, 0.2) is 0 Å². The lowest BCUT2D eigenvalue weighted by atomic mass is 10.1. The summed E-state index contributed by atoms with van der Waals surface area (Å²) >= 11 is 3.24. The largest absolute Gasteiger partial charge is 0.445 e. The fourth-order valence-electron chi connectivity index (χ4n) is 4.66. The SMILES string of the molecule is C=CCN(CC=C)C[C@@H](O)[C@@H](N)CSc1ccccc1.C=CCN(CC=C)C[C@@H](O)[C@H](CSc1ccccc1)NC(=O)OCc1ccccc1. The smallest absolute Gasteiger partial charge is 0.407 e. The number of ether oxygens (including phenoxy) is 1. The first-order valence-corrected chi connectivity index (χ1v) is 18.6. The standard InChI is InChI=1S/C24H30N2O3S.C16H24N2OS/c1-3-15-26(16-4-2)17-23(27)22(19-30-21-13-9-6-10-14-21)25-24(28)29-18-20-11-7-5-8-12-20;1-3-10-18(11-4-2)12-16(19)15(17)13-20-14-8-6-5-7-9-14/h3-14,22-23,27H,1-2,15-19H2,(H,25,28);3-9,15-16,19H,1-2,10-13,17H2/t22-,23+;15-,16+/m00/s1. The van der Waals surface area contributed by atoms with Gasteiger partial charge in [0.1, 0.15) is 6.61 Å². The van der Waals surface area contributed by atoms with Gasteiger partial charge in [0, 0.05) is 66.6 Å². The van der Waals surface area contributed by atoms with Gasteiger partial charge in [-0.2, -0.15) is 0 Å². The first-order valence-electron chi connectivity index (χ1n) is 16.6. The van der Waals surface area contributed by atoms with Crippen LogP contribution in [0.25, 0.3) is 0 Å². The molecule has 10 heteroatoms. The highest BCUT2D eigenvalue weighted by atomic mass is 32.2. The number of amides is 1. The molecule has 50 heavy (non-hydrogen) atoms. The number of nitrogens with two attached hydrogens (primary N) is 1. The first-order chi connectivity index (χ1) is 24.3. The molecule has 0 fully saturated rings. The molecule has 1 amide bonds. The number of carbonyl (C=O) groups is 1. The van der Waals surface area contributed by atoms with E-state index in [9.17, 15) is 15.0 Å². The average molecular weight is 719 g/mol. The number of nitrogens with one attached hydrogen (secondary N) is 1. The van der Waals surface area contributed by atoms with Crippen LogP contribution in [-0.4, -0.2) is 101 Å². The van der Waals surface area contributed by atoms with Crippen LogP contribution < -0.4 is 11.1 Å². The van der Waals surface area contributed by atoms with E-state index in [1.54, 1.807) is 35.7 Å². The van der Waals surface area contributed by atoms with Crippen LogP contribution in [0.4, 0.5) is 4.79 Å². The lowest BCUT2D eigenvalue weighted by Crippen LogP contribution is -2.50. The summed E-state index contributed by atoms with van der Waals surface area (Å²) in [6.45, 7) is 18.8. The van der Waals surface area contributed by atoms with Gasteiger partial charge in [0.05, 0.1) is 18.2 Å². The summed E-state index contributed by atoms with van der Waals surface area (Å²) in [5.41, 5.74) is 6.97. The maximum Gasteiger partial charge on any atom is 0.407 e. The fourth-order valence-corrected chi connectivity index (χ4v) is 6.64. The van der Waals surface area contributed by atoms with Gasteiger partial charge in [-0.3, -0.25) is 9.80 Å². The molecule has 3 rings (SSSR count). The van der Waals surface area contributed by atoms with Gasteiger partial charge >= 0.3 is 6.09 Å². The number of carbonyl (C=O) groups excluding carboxylic acids is 1. The third-order valence-electron chi connectivity index (χ3n) is 7.27. The predicted molar refractivity (Wildman–Crippen MR) is 212 cm³/mol. The number of hydrogen-bond donors (Lipinski definition) is 4. The van der Waals surface area contributed by atoms with E-state index in [1.165, 1.54) is 4.90 Å². The van der Waals surface area contributed by atoms with Gasteiger partial charge in [-0.15, -0.1) is 49.8 Å². The van der Waals surface area contributed by atoms with Crippen molar-refractivity contribution in [1.29, 1.82) is 0 Å². The van der Waals surface area contributed by atoms with E-state index in [4.69, 9.17) is 10.5 Å². The van der Waals surface area contributed by atoms with Crippen LogP contribution in [0.15, 0.2) is 151 Å². The molecule has 0 heterocycles. The summed E-state index contributed by atoms with van der Waals surface area (Å²) in [5, 5.41) is 23.9. The zero-order valence-corrected chi connectivity index (χ0v) is 30.6. The quantitative estimate of drug-likeness (QED) is 0.0668. The molecule has 5 N–H and O–H groups in total.